The van der Waals surface area contributed by atoms with Gasteiger partial charge in [0.15, 0.2) is 5.82 Å². The molecular weight excluding hydrogens is 609 g/mol. The predicted octanol–water partition coefficient (Wildman–Crippen LogP) is 7.25. The molecule has 242 valence electrons. The zero-order valence-electron chi connectivity index (χ0n) is 26.1. The monoisotopic (exact) mass is 642 g/mol. The van der Waals surface area contributed by atoms with Gasteiger partial charge < -0.3 is 19.8 Å². The van der Waals surface area contributed by atoms with Gasteiger partial charge in [0.2, 0.25) is 0 Å². The Morgan fingerprint density at radius 1 is 1.00 bits per heavy atom. The van der Waals surface area contributed by atoms with Crippen molar-refractivity contribution >= 4 is 22.8 Å². The normalized spacial score (nSPS) is 17.4. The average Bonchev–Trinajstić information content (AvgIpc) is 3.46. The van der Waals surface area contributed by atoms with Crippen molar-refractivity contribution in [3.8, 4) is 22.5 Å². The smallest absolute Gasteiger partial charge is 0.255 e. The summed E-state index contributed by atoms with van der Waals surface area (Å²) in [6, 6.07) is 12.4. The Morgan fingerprint density at radius 2 is 1.72 bits per heavy atom. The van der Waals surface area contributed by atoms with Gasteiger partial charge in [0.1, 0.15) is 34.3 Å². The lowest BCUT2D eigenvalue weighted by molar-refractivity contribution is -0.0589. The maximum atomic E-state index is 16.5. The lowest BCUT2D eigenvalue weighted by Gasteiger charge is -2.46. The minimum absolute atomic E-state index is 0.0287. The van der Waals surface area contributed by atoms with Gasteiger partial charge in [-0.05, 0) is 79.1 Å². The van der Waals surface area contributed by atoms with Crippen LogP contribution in [0.2, 0.25) is 0 Å². The first-order valence-electron chi connectivity index (χ1n) is 15.4. The Hall–Kier alpha value is -5.03. The number of carbonyl (C=O) groups excluding carboxylic acids is 2. The molecule has 2 heterocycles. The Labute approximate surface area is 269 Å². The molecule has 47 heavy (non-hydrogen) atoms. The van der Waals surface area contributed by atoms with Gasteiger partial charge in [-0.15, -0.1) is 0 Å². The van der Waals surface area contributed by atoms with Crippen LogP contribution in [0.25, 0.3) is 33.4 Å². The van der Waals surface area contributed by atoms with Crippen LogP contribution in [0.5, 0.6) is 0 Å². The summed E-state index contributed by atoms with van der Waals surface area (Å²) in [6.45, 7) is 4.16. The molecule has 1 aliphatic rings. The highest BCUT2D eigenvalue weighted by Crippen LogP contribution is 2.43. The molecule has 2 amide bonds. The van der Waals surface area contributed by atoms with Gasteiger partial charge in [-0.3, -0.25) is 9.59 Å². The van der Waals surface area contributed by atoms with E-state index in [1.165, 1.54) is 56.4 Å². The number of nitrogens with zero attached hydrogens (tertiary/aromatic N) is 2. The van der Waals surface area contributed by atoms with Crippen molar-refractivity contribution in [2.45, 2.75) is 51.2 Å². The fourth-order valence-corrected chi connectivity index (χ4v) is 6.00. The van der Waals surface area contributed by atoms with Crippen LogP contribution < -0.4 is 10.6 Å². The SMILES string of the molecule is CCCCOC1CC(NC(=O)c2cc(F)c(C)c(-c3ccc4oc(-c5ccc(F)cc5)c(C(=O)NC)c4c3F)c2)(c2ncccn2)C1. The minimum atomic E-state index is -0.920. The number of carbonyl (C=O) groups is 2. The summed E-state index contributed by atoms with van der Waals surface area (Å²) in [7, 11) is 1.40. The third-order valence-corrected chi connectivity index (χ3v) is 8.60. The topological polar surface area (TPSA) is 106 Å². The number of rotatable bonds is 10. The fraction of sp³-hybridized carbons (Fsp3) is 0.278. The largest absolute Gasteiger partial charge is 0.455 e. The summed E-state index contributed by atoms with van der Waals surface area (Å²) in [6.07, 6.45) is 5.89. The second-order valence-electron chi connectivity index (χ2n) is 11.7. The van der Waals surface area contributed by atoms with Crippen molar-refractivity contribution in [2.24, 2.45) is 0 Å². The van der Waals surface area contributed by atoms with E-state index in [0.717, 1.165) is 18.9 Å². The standard InChI is InChI=1S/C36H33F3N4O4/c1-4-5-15-46-24-18-36(19-24,35-41-13-6-14-42-35)43-33(44)22-16-26(20(2)27(38)17-22)25-11-12-28-29(31(25)39)30(34(45)40-3)32(47-28)21-7-9-23(37)10-8-21/h6-14,16-17,24H,4-5,15,18-19H2,1-3H3,(H,40,45)(H,43,44). The molecule has 0 atom stereocenters. The molecular formula is C36H33F3N4O4. The van der Waals surface area contributed by atoms with Crippen LogP contribution in [0.1, 0.15) is 64.7 Å². The zero-order chi connectivity index (χ0) is 33.3. The van der Waals surface area contributed by atoms with Crippen molar-refractivity contribution in [3.05, 3.63) is 107 Å². The Bertz CT molecular complexity index is 1960. The first-order chi connectivity index (χ1) is 22.7. The molecule has 5 aromatic rings. The highest BCUT2D eigenvalue weighted by Gasteiger charge is 2.49. The molecule has 0 bridgehead atoms. The van der Waals surface area contributed by atoms with Crippen molar-refractivity contribution in [1.29, 1.82) is 0 Å². The maximum Gasteiger partial charge on any atom is 0.255 e. The van der Waals surface area contributed by atoms with Crippen LogP contribution in [-0.2, 0) is 10.3 Å². The third kappa shape index (κ3) is 5.98. The van der Waals surface area contributed by atoms with Crippen LogP contribution >= 0.6 is 0 Å². The number of hydrogen-bond acceptors (Lipinski definition) is 6. The molecule has 0 saturated heterocycles. The van der Waals surface area contributed by atoms with E-state index >= 15 is 8.78 Å². The van der Waals surface area contributed by atoms with Crippen LogP contribution in [0.15, 0.2) is 71.4 Å². The van der Waals surface area contributed by atoms with E-state index in [1.807, 2.05) is 0 Å². The van der Waals surface area contributed by atoms with E-state index < -0.39 is 34.8 Å². The Balaban J connectivity index is 1.39. The summed E-state index contributed by atoms with van der Waals surface area (Å²) in [4.78, 5) is 35.6. The molecule has 1 fully saturated rings. The summed E-state index contributed by atoms with van der Waals surface area (Å²) < 4.78 is 57.5. The molecule has 2 aromatic heterocycles. The number of halogens is 3. The second kappa shape index (κ2) is 13.0. The average molecular weight is 643 g/mol. The molecule has 0 aliphatic heterocycles. The summed E-state index contributed by atoms with van der Waals surface area (Å²) in [5.41, 5.74) is -0.398. The highest BCUT2D eigenvalue weighted by atomic mass is 19.1. The van der Waals surface area contributed by atoms with E-state index in [0.29, 0.717) is 30.8 Å². The van der Waals surface area contributed by atoms with Gasteiger partial charge in [-0.2, -0.15) is 0 Å². The lowest BCUT2D eigenvalue weighted by Crippen LogP contribution is -2.58. The number of hydrogen-bond donors (Lipinski definition) is 2. The van der Waals surface area contributed by atoms with Crippen LogP contribution in [0, 0.1) is 24.4 Å². The molecule has 0 radical (unpaired) electrons. The van der Waals surface area contributed by atoms with Gasteiger partial charge in [-0.25, -0.2) is 23.1 Å². The minimum Gasteiger partial charge on any atom is -0.455 e. The summed E-state index contributed by atoms with van der Waals surface area (Å²) in [5, 5.41) is 5.39. The molecule has 0 spiro atoms. The van der Waals surface area contributed by atoms with Gasteiger partial charge in [0.05, 0.1) is 17.1 Å². The first-order valence-corrected chi connectivity index (χ1v) is 15.4. The Kier molecular flexibility index (Phi) is 8.83. The summed E-state index contributed by atoms with van der Waals surface area (Å²) in [5.74, 6) is -2.76. The van der Waals surface area contributed by atoms with Crippen LogP contribution in [0.3, 0.4) is 0 Å². The van der Waals surface area contributed by atoms with E-state index in [4.69, 9.17) is 9.15 Å². The van der Waals surface area contributed by atoms with Crippen molar-refractivity contribution in [3.63, 3.8) is 0 Å². The van der Waals surface area contributed by atoms with E-state index in [2.05, 4.69) is 27.5 Å². The van der Waals surface area contributed by atoms with E-state index in [1.54, 1.807) is 18.5 Å². The van der Waals surface area contributed by atoms with Crippen molar-refractivity contribution in [2.75, 3.05) is 13.7 Å². The van der Waals surface area contributed by atoms with Gasteiger partial charge in [0.25, 0.3) is 11.8 Å². The zero-order valence-corrected chi connectivity index (χ0v) is 26.1. The summed E-state index contributed by atoms with van der Waals surface area (Å²) >= 11 is 0. The van der Waals surface area contributed by atoms with Crippen molar-refractivity contribution in [1.82, 2.24) is 20.6 Å². The maximum absolute atomic E-state index is 16.5. The van der Waals surface area contributed by atoms with Gasteiger partial charge in [-0.1, -0.05) is 13.3 Å². The Morgan fingerprint density at radius 3 is 2.40 bits per heavy atom. The quantitative estimate of drug-likeness (QED) is 0.156. The lowest BCUT2D eigenvalue weighted by atomic mass is 9.73. The molecule has 3 aromatic carbocycles. The van der Waals surface area contributed by atoms with E-state index in [-0.39, 0.29) is 50.7 Å². The molecule has 2 N–H and O–H groups in total. The number of amides is 2. The second-order valence-corrected chi connectivity index (χ2v) is 11.7. The molecule has 11 heteroatoms. The van der Waals surface area contributed by atoms with Crippen molar-refractivity contribution < 1.29 is 31.9 Å². The van der Waals surface area contributed by atoms with Gasteiger partial charge in [0, 0.05) is 55.6 Å². The van der Waals surface area contributed by atoms with E-state index in [9.17, 15) is 14.0 Å². The number of nitrogens with one attached hydrogen (secondary N) is 2. The third-order valence-electron chi connectivity index (χ3n) is 8.60. The highest BCUT2D eigenvalue weighted by molar-refractivity contribution is 6.12. The molecule has 8 nitrogen and oxygen atoms in total. The first kappa shape index (κ1) is 31.9. The van der Waals surface area contributed by atoms with Gasteiger partial charge >= 0.3 is 0 Å². The molecule has 1 saturated carbocycles. The van der Waals surface area contributed by atoms with Crippen LogP contribution in [-0.4, -0.2) is 41.5 Å². The number of fused-ring (bicyclic) bond motifs is 1. The number of aromatic nitrogens is 2. The van der Waals surface area contributed by atoms with Crippen LogP contribution in [0.4, 0.5) is 13.2 Å². The molecule has 0 unspecified atom stereocenters. The number of ether oxygens (including phenoxy) is 1. The number of furan rings is 1. The number of benzene rings is 3. The molecule has 6 rings (SSSR count). The fourth-order valence-electron chi connectivity index (χ4n) is 6.00. The number of unbranched alkanes of at least 4 members (excludes halogenated alkanes) is 1. The molecule has 1 aliphatic carbocycles. The predicted molar refractivity (Wildman–Crippen MR) is 170 cm³/mol.